The fraction of sp³-hybridized carbons (Fsp3) is 0.167. The van der Waals surface area contributed by atoms with E-state index in [1.807, 2.05) is 36.4 Å². The Morgan fingerprint density at radius 2 is 1.76 bits per heavy atom. The number of Topliss-reactive ketones (excluding diaryl/α,β-unsaturated/α-hetero) is 1. The smallest absolute Gasteiger partial charge is 0.153 e. The van der Waals surface area contributed by atoms with Crippen LogP contribution in [0.4, 0.5) is 0 Å². The molecule has 3 nitrogen and oxygen atoms in total. The second-order valence-corrected chi connectivity index (χ2v) is 5.27. The zero-order valence-electron chi connectivity index (χ0n) is 11.4. The summed E-state index contributed by atoms with van der Waals surface area (Å²) in [7, 11) is 0. The number of benzene rings is 2. The van der Waals surface area contributed by atoms with Crippen LogP contribution in [-0.2, 0) is 4.79 Å². The lowest BCUT2D eigenvalue weighted by molar-refractivity contribution is -0.119. The summed E-state index contributed by atoms with van der Waals surface area (Å²) in [5, 5.41) is 17.2. The standard InChI is InChI=1S/C18H14N2O/c19-11-12-5-4-8-14(9-12)17-16(20)10-15(18(17)21)13-6-2-1-3-7-13/h1-9,15,17,20H,10H2. The highest BCUT2D eigenvalue weighted by Crippen LogP contribution is 2.38. The van der Waals surface area contributed by atoms with Gasteiger partial charge >= 0.3 is 0 Å². The molecule has 0 aromatic heterocycles. The average Bonchev–Trinajstić information content (AvgIpc) is 2.83. The monoisotopic (exact) mass is 274 g/mol. The molecular formula is C18H14N2O. The maximum Gasteiger partial charge on any atom is 0.153 e. The zero-order chi connectivity index (χ0) is 14.8. The molecule has 0 amide bonds. The van der Waals surface area contributed by atoms with Crippen molar-refractivity contribution in [3.05, 3.63) is 71.3 Å². The van der Waals surface area contributed by atoms with E-state index in [9.17, 15) is 4.79 Å². The Bertz CT molecular complexity index is 743. The maximum atomic E-state index is 12.7. The second-order valence-electron chi connectivity index (χ2n) is 5.27. The Morgan fingerprint density at radius 1 is 1.05 bits per heavy atom. The van der Waals surface area contributed by atoms with Crippen LogP contribution in [0.25, 0.3) is 0 Å². The number of hydrogen-bond donors (Lipinski definition) is 1. The first kappa shape index (κ1) is 13.3. The minimum absolute atomic E-state index is 0.0567. The Balaban J connectivity index is 1.96. The molecule has 0 spiro atoms. The van der Waals surface area contributed by atoms with Crippen molar-refractivity contribution < 1.29 is 4.79 Å². The van der Waals surface area contributed by atoms with E-state index in [0.717, 1.165) is 11.1 Å². The van der Waals surface area contributed by atoms with E-state index in [4.69, 9.17) is 10.7 Å². The first-order chi connectivity index (χ1) is 10.2. The van der Waals surface area contributed by atoms with Crippen LogP contribution in [0, 0.1) is 16.7 Å². The molecule has 1 fully saturated rings. The van der Waals surface area contributed by atoms with Crippen LogP contribution < -0.4 is 0 Å². The average molecular weight is 274 g/mol. The zero-order valence-corrected chi connectivity index (χ0v) is 11.4. The van der Waals surface area contributed by atoms with Crippen LogP contribution in [-0.4, -0.2) is 11.5 Å². The summed E-state index contributed by atoms with van der Waals surface area (Å²) in [4.78, 5) is 12.7. The molecule has 102 valence electrons. The number of nitrogens with zero attached hydrogens (tertiary/aromatic N) is 1. The molecule has 2 aromatic carbocycles. The van der Waals surface area contributed by atoms with E-state index in [2.05, 4.69) is 6.07 Å². The highest BCUT2D eigenvalue weighted by molar-refractivity contribution is 6.17. The third-order valence-electron chi connectivity index (χ3n) is 3.95. The van der Waals surface area contributed by atoms with Crippen molar-refractivity contribution in [2.24, 2.45) is 0 Å². The third-order valence-corrected chi connectivity index (χ3v) is 3.95. The van der Waals surface area contributed by atoms with E-state index in [1.54, 1.807) is 18.2 Å². The summed E-state index contributed by atoms with van der Waals surface area (Å²) in [6.45, 7) is 0. The van der Waals surface area contributed by atoms with Gasteiger partial charge < -0.3 is 5.41 Å². The minimum Gasteiger partial charge on any atom is -0.309 e. The number of ketones is 1. The molecule has 3 heteroatoms. The number of carbonyl (C=O) groups is 1. The van der Waals surface area contributed by atoms with Crippen molar-refractivity contribution in [3.8, 4) is 6.07 Å². The van der Waals surface area contributed by atoms with E-state index in [1.165, 1.54) is 0 Å². The summed E-state index contributed by atoms with van der Waals surface area (Å²) in [5.74, 6) is -0.695. The molecule has 0 saturated heterocycles. The fourth-order valence-corrected chi connectivity index (χ4v) is 2.93. The van der Waals surface area contributed by atoms with E-state index >= 15 is 0 Å². The first-order valence-electron chi connectivity index (χ1n) is 6.86. The van der Waals surface area contributed by atoms with Crippen molar-refractivity contribution in [1.29, 1.82) is 10.7 Å². The molecular weight excluding hydrogens is 260 g/mol. The van der Waals surface area contributed by atoms with E-state index in [0.29, 0.717) is 17.7 Å². The van der Waals surface area contributed by atoms with Crippen molar-refractivity contribution in [1.82, 2.24) is 0 Å². The molecule has 0 radical (unpaired) electrons. The molecule has 2 aromatic rings. The van der Waals surface area contributed by atoms with Crippen LogP contribution in [0.15, 0.2) is 54.6 Å². The molecule has 1 N–H and O–H groups in total. The number of nitrogens with one attached hydrogen (secondary N) is 1. The summed E-state index contributed by atoms with van der Waals surface area (Å²) < 4.78 is 0. The molecule has 21 heavy (non-hydrogen) atoms. The van der Waals surface area contributed by atoms with Crippen LogP contribution in [0.1, 0.15) is 34.9 Å². The Kier molecular flexibility index (Phi) is 3.37. The van der Waals surface area contributed by atoms with Crippen LogP contribution >= 0.6 is 0 Å². The first-order valence-corrected chi connectivity index (χ1v) is 6.86. The van der Waals surface area contributed by atoms with Crippen molar-refractivity contribution in [2.75, 3.05) is 0 Å². The van der Waals surface area contributed by atoms with Gasteiger partial charge in [-0.2, -0.15) is 5.26 Å². The fourth-order valence-electron chi connectivity index (χ4n) is 2.93. The van der Waals surface area contributed by atoms with Crippen LogP contribution in [0.2, 0.25) is 0 Å². The van der Waals surface area contributed by atoms with Gasteiger partial charge in [-0.15, -0.1) is 0 Å². The maximum absolute atomic E-state index is 12.7. The van der Waals surface area contributed by atoms with Gasteiger partial charge in [0.05, 0.1) is 17.6 Å². The number of carbonyl (C=O) groups excluding carboxylic acids is 1. The summed E-state index contributed by atoms with van der Waals surface area (Å²) >= 11 is 0. The minimum atomic E-state index is -0.511. The van der Waals surface area contributed by atoms with Gasteiger partial charge in [-0.05, 0) is 29.7 Å². The van der Waals surface area contributed by atoms with E-state index < -0.39 is 5.92 Å². The second kappa shape index (κ2) is 5.34. The number of rotatable bonds is 2. The van der Waals surface area contributed by atoms with Crippen molar-refractivity contribution >= 4 is 11.5 Å². The topological polar surface area (TPSA) is 64.7 Å². The largest absolute Gasteiger partial charge is 0.309 e. The van der Waals surface area contributed by atoms with Gasteiger partial charge in [-0.1, -0.05) is 42.5 Å². The van der Waals surface area contributed by atoms with Crippen LogP contribution in [0.5, 0.6) is 0 Å². The normalized spacial score (nSPS) is 21.3. The van der Waals surface area contributed by atoms with Gasteiger partial charge in [0, 0.05) is 11.6 Å². The predicted molar refractivity (Wildman–Crippen MR) is 80.4 cm³/mol. The van der Waals surface area contributed by atoms with Crippen molar-refractivity contribution in [2.45, 2.75) is 18.3 Å². The Labute approximate surface area is 123 Å². The lowest BCUT2D eigenvalue weighted by Crippen LogP contribution is -2.14. The lowest BCUT2D eigenvalue weighted by Gasteiger charge is -2.11. The molecule has 1 saturated carbocycles. The summed E-state index contributed by atoms with van der Waals surface area (Å²) in [5.41, 5.74) is 2.67. The molecule has 2 unspecified atom stereocenters. The van der Waals surface area contributed by atoms with Gasteiger partial charge in [0.15, 0.2) is 5.78 Å². The molecule has 0 heterocycles. The Morgan fingerprint density at radius 3 is 2.48 bits per heavy atom. The van der Waals surface area contributed by atoms with Crippen molar-refractivity contribution in [3.63, 3.8) is 0 Å². The highest BCUT2D eigenvalue weighted by Gasteiger charge is 2.40. The van der Waals surface area contributed by atoms with Gasteiger partial charge in [-0.25, -0.2) is 0 Å². The number of hydrogen-bond acceptors (Lipinski definition) is 3. The van der Waals surface area contributed by atoms with Gasteiger partial charge in [0.1, 0.15) is 0 Å². The van der Waals surface area contributed by atoms with Crippen LogP contribution in [0.3, 0.4) is 0 Å². The van der Waals surface area contributed by atoms with E-state index in [-0.39, 0.29) is 11.7 Å². The molecule has 2 atom stereocenters. The Hall–Kier alpha value is -2.73. The summed E-state index contributed by atoms with van der Waals surface area (Å²) in [6, 6.07) is 18.7. The lowest BCUT2D eigenvalue weighted by atomic mass is 9.91. The molecule has 0 bridgehead atoms. The predicted octanol–water partition coefficient (Wildman–Crippen LogP) is 3.42. The quantitative estimate of drug-likeness (QED) is 0.911. The SMILES string of the molecule is N#Cc1cccc(C2C(=N)CC(c3ccccc3)C2=O)c1. The highest BCUT2D eigenvalue weighted by atomic mass is 16.1. The number of nitriles is 1. The molecule has 1 aliphatic rings. The third kappa shape index (κ3) is 2.36. The summed E-state index contributed by atoms with van der Waals surface area (Å²) in [6.07, 6.45) is 0.463. The van der Waals surface area contributed by atoms with Gasteiger partial charge in [-0.3, -0.25) is 4.79 Å². The van der Waals surface area contributed by atoms with Gasteiger partial charge in [0.25, 0.3) is 0 Å². The molecule has 1 aliphatic carbocycles. The van der Waals surface area contributed by atoms with Gasteiger partial charge in [0.2, 0.25) is 0 Å². The molecule has 3 rings (SSSR count). The molecule has 0 aliphatic heterocycles.